The van der Waals surface area contributed by atoms with Crippen LogP contribution in [0.1, 0.15) is 19.8 Å². The lowest BCUT2D eigenvalue weighted by molar-refractivity contribution is -0.143. The summed E-state index contributed by atoms with van der Waals surface area (Å²) in [4.78, 5) is 56.2. The van der Waals surface area contributed by atoms with E-state index in [1.807, 2.05) is 0 Å². The van der Waals surface area contributed by atoms with E-state index in [4.69, 9.17) is 26.8 Å². The molecule has 0 radical (unpaired) electrons. The van der Waals surface area contributed by atoms with Gasteiger partial charge in [0.25, 0.3) is 0 Å². The number of aliphatic carboxylic acids is 3. The number of rotatable bonds is 13. The normalized spacial score (nSPS) is 15.1. The van der Waals surface area contributed by atoms with Crippen LogP contribution in [0.3, 0.4) is 0 Å². The minimum atomic E-state index is -1.36. The van der Waals surface area contributed by atoms with Gasteiger partial charge in [-0.15, -0.1) is 0 Å². The Morgan fingerprint density at radius 2 is 1.44 bits per heavy atom. The summed E-state index contributed by atoms with van der Waals surface area (Å²) in [6, 6.07) is -4.73. The minimum Gasteiger partial charge on any atom is -0.480 e. The van der Waals surface area contributed by atoms with Crippen LogP contribution in [0.25, 0.3) is 0 Å². The van der Waals surface area contributed by atoms with Crippen molar-refractivity contribution in [3.05, 3.63) is 0 Å². The van der Waals surface area contributed by atoms with Crippen molar-refractivity contribution in [3.8, 4) is 0 Å². The van der Waals surface area contributed by atoms with E-state index in [1.165, 1.54) is 6.92 Å². The molecule has 0 bridgehead atoms. The molecule has 13 heteroatoms. The molecule has 0 aromatic carbocycles. The van der Waals surface area contributed by atoms with Gasteiger partial charge in [0.15, 0.2) is 0 Å². The molecule has 0 aromatic heterocycles. The van der Waals surface area contributed by atoms with E-state index in [9.17, 15) is 24.0 Å². The standard InChI is InChI=1S/C14H24N4O8S/c1-6(15)11(20)18-8(13(23)24)2-3-10(19)17-9(14(25)26)5-27-4-7(16)12(21)22/h6-9H,2-5,15-16H2,1H3,(H,17,19)(H,18,20)(H,21,22)(H,23,24)(H,25,26)/t6-,7+,8-,9-/m1/s1. The summed E-state index contributed by atoms with van der Waals surface area (Å²) in [6.45, 7) is 1.37. The van der Waals surface area contributed by atoms with E-state index in [1.54, 1.807) is 0 Å². The van der Waals surface area contributed by atoms with Crippen LogP contribution >= 0.6 is 11.8 Å². The molecule has 154 valence electrons. The zero-order chi connectivity index (χ0) is 21.1. The Labute approximate surface area is 159 Å². The van der Waals surface area contributed by atoms with Crippen molar-refractivity contribution in [1.29, 1.82) is 0 Å². The lowest BCUT2D eigenvalue weighted by Crippen LogP contribution is -2.48. The van der Waals surface area contributed by atoms with Crippen LogP contribution < -0.4 is 22.1 Å². The molecular weight excluding hydrogens is 384 g/mol. The first-order valence-electron chi connectivity index (χ1n) is 7.82. The number of hydrogen-bond acceptors (Lipinski definition) is 8. The summed E-state index contributed by atoms with van der Waals surface area (Å²) in [5, 5.41) is 31.2. The van der Waals surface area contributed by atoms with Crippen LogP contribution in [0.5, 0.6) is 0 Å². The summed E-state index contributed by atoms with van der Waals surface area (Å²) >= 11 is 0.943. The lowest BCUT2D eigenvalue weighted by Gasteiger charge is -2.17. The number of carboxylic acids is 3. The van der Waals surface area contributed by atoms with Crippen LogP contribution in [0.2, 0.25) is 0 Å². The summed E-state index contributed by atoms with van der Waals surface area (Å²) in [5.74, 6) is -5.51. The van der Waals surface area contributed by atoms with Gasteiger partial charge in [-0.3, -0.25) is 14.4 Å². The van der Waals surface area contributed by atoms with Crippen LogP contribution in [-0.4, -0.2) is 80.7 Å². The molecule has 0 fully saturated rings. The summed E-state index contributed by atoms with van der Waals surface area (Å²) in [6.07, 6.45) is -0.609. The number of thioether (sulfide) groups is 1. The fourth-order valence-electron chi connectivity index (χ4n) is 1.66. The molecule has 0 aliphatic heterocycles. The monoisotopic (exact) mass is 408 g/mol. The molecule has 9 N–H and O–H groups in total. The molecule has 2 amide bonds. The van der Waals surface area contributed by atoms with Crippen LogP contribution in [0.4, 0.5) is 0 Å². The van der Waals surface area contributed by atoms with Crippen LogP contribution in [0, 0.1) is 0 Å². The summed E-state index contributed by atoms with van der Waals surface area (Å²) in [5.41, 5.74) is 10.6. The van der Waals surface area contributed by atoms with Gasteiger partial charge in [0.05, 0.1) is 6.04 Å². The van der Waals surface area contributed by atoms with Gasteiger partial charge in [0.2, 0.25) is 11.8 Å². The highest BCUT2D eigenvalue weighted by atomic mass is 32.2. The Morgan fingerprint density at radius 1 is 0.889 bits per heavy atom. The molecule has 0 spiro atoms. The Balaban J connectivity index is 4.54. The number of hydrogen-bond donors (Lipinski definition) is 7. The number of carbonyl (C=O) groups excluding carboxylic acids is 2. The van der Waals surface area contributed by atoms with Crippen molar-refractivity contribution >= 4 is 41.5 Å². The van der Waals surface area contributed by atoms with Gasteiger partial charge in [0, 0.05) is 17.9 Å². The second-order valence-corrected chi connectivity index (χ2v) is 6.74. The number of carboxylic acid groups (broad SMARTS) is 3. The topological polar surface area (TPSA) is 222 Å². The third-order valence-electron chi connectivity index (χ3n) is 3.22. The first-order valence-corrected chi connectivity index (χ1v) is 8.98. The van der Waals surface area contributed by atoms with E-state index in [-0.39, 0.29) is 24.3 Å². The molecule has 4 atom stereocenters. The van der Waals surface area contributed by atoms with Gasteiger partial charge in [-0.2, -0.15) is 11.8 Å². The highest BCUT2D eigenvalue weighted by molar-refractivity contribution is 7.99. The second-order valence-electron chi connectivity index (χ2n) is 5.67. The molecule has 0 aliphatic carbocycles. The third kappa shape index (κ3) is 10.4. The molecule has 0 saturated carbocycles. The fraction of sp³-hybridized carbons (Fsp3) is 0.643. The van der Waals surface area contributed by atoms with Crippen LogP contribution in [-0.2, 0) is 24.0 Å². The lowest BCUT2D eigenvalue weighted by atomic mass is 10.1. The molecular formula is C14H24N4O8S. The van der Waals surface area contributed by atoms with Crippen molar-refractivity contribution in [3.63, 3.8) is 0 Å². The highest BCUT2D eigenvalue weighted by Crippen LogP contribution is 2.06. The van der Waals surface area contributed by atoms with Crippen molar-refractivity contribution in [2.24, 2.45) is 11.5 Å². The molecule has 0 heterocycles. The number of amides is 2. The first kappa shape index (κ1) is 24.6. The van der Waals surface area contributed by atoms with E-state index < -0.39 is 53.9 Å². The summed E-state index contributed by atoms with van der Waals surface area (Å²) in [7, 11) is 0. The molecule has 0 aromatic rings. The van der Waals surface area contributed by atoms with Gasteiger partial charge >= 0.3 is 17.9 Å². The largest absolute Gasteiger partial charge is 0.480 e. The van der Waals surface area contributed by atoms with E-state index in [2.05, 4.69) is 10.6 Å². The second kappa shape index (κ2) is 12.1. The quantitative estimate of drug-likeness (QED) is 0.167. The Kier molecular flexibility index (Phi) is 11.0. The molecule has 0 rings (SSSR count). The van der Waals surface area contributed by atoms with Crippen molar-refractivity contribution < 1.29 is 39.3 Å². The predicted octanol–water partition coefficient (Wildman–Crippen LogP) is -2.60. The maximum atomic E-state index is 11.9. The predicted molar refractivity (Wildman–Crippen MR) is 95.0 cm³/mol. The van der Waals surface area contributed by atoms with Crippen molar-refractivity contribution in [1.82, 2.24) is 10.6 Å². The van der Waals surface area contributed by atoms with Gasteiger partial charge in [0.1, 0.15) is 18.1 Å². The van der Waals surface area contributed by atoms with E-state index >= 15 is 0 Å². The zero-order valence-corrected chi connectivity index (χ0v) is 15.4. The molecule has 0 saturated heterocycles. The van der Waals surface area contributed by atoms with Crippen molar-refractivity contribution in [2.75, 3.05) is 11.5 Å². The molecule has 0 aliphatic rings. The average molecular weight is 408 g/mol. The molecule has 27 heavy (non-hydrogen) atoms. The molecule has 12 nitrogen and oxygen atoms in total. The van der Waals surface area contributed by atoms with Gasteiger partial charge in [-0.1, -0.05) is 0 Å². The number of nitrogens with one attached hydrogen (secondary N) is 2. The Bertz CT molecular complexity index is 571. The van der Waals surface area contributed by atoms with Gasteiger partial charge in [-0.05, 0) is 13.3 Å². The van der Waals surface area contributed by atoms with Crippen molar-refractivity contribution in [2.45, 2.75) is 43.9 Å². The number of nitrogens with two attached hydrogens (primary N) is 2. The Morgan fingerprint density at radius 3 is 1.89 bits per heavy atom. The maximum Gasteiger partial charge on any atom is 0.327 e. The SMILES string of the molecule is C[C@@H](N)C(=O)N[C@H](CCC(=O)N[C@H](CSC[C@H](N)C(=O)O)C(=O)O)C(=O)O. The van der Waals surface area contributed by atoms with Gasteiger partial charge < -0.3 is 37.4 Å². The fourth-order valence-corrected chi connectivity index (χ4v) is 2.66. The summed E-state index contributed by atoms with van der Waals surface area (Å²) < 4.78 is 0. The van der Waals surface area contributed by atoms with Crippen LogP contribution in [0.15, 0.2) is 0 Å². The van der Waals surface area contributed by atoms with E-state index in [0.29, 0.717) is 0 Å². The zero-order valence-electron chi connectivity index (χ0n) is 14.6. The number of carbonyl (C=O) groups is 5. The Hall–Kier alpha value is -2.38. The smallest absolute Gasteiger partial charge is 0.327 e. The van der Waals surface area contributed by atoms with E-state index in [0.717, 1.165) is 11.8 Å². The molecule has 0 unspecified atom stereocenters. The average Bonchev–Trinajstić information content (AvgIpc) is 2.56. The maximum absolute atomic E-state index is 11.9. The van der Waals surface area contributed by atoms with Gasteiger partial charge in [-0.25, -0.2) is 9.59 Å². The minimum absolute atomic E-state index is 0.0423. The highest BCUT2D eigenvalue weighted by Gasteiger charge is 2.25. The first-order chi connectivity index (χ1) is 12.5. The third-order valence-corrected chi connectivity index (χ3v) is 4.38.